The molecule has 1 aliphatic heterocycles. The summed E-state index contributed by atoms with van der Waals surface area (Å²) in [4.78, 5) is 26.0. The molecule has 4 heteroatoms. The number of amides is 2. The molecule has 3 nitrogen and oxygen atoms in total. The molecule has 1 fully saturated rings. The first-order valence-electron chi connectivity index (χ1n) is 7.95. The number of imide groups is 1. The maximum Gasteiger partial charge on any atom is 0.230 e. The molecule has 0 spiro atoms. The fourth-order valence-electron chi connectivity index (χ4n) is 3.87. The van der Waals surface area contributed by atoms with Crippen molar-refractivity contribution in [3.63, 3.8) is 0 Å². The van der Waals surface area contributed by atoms with Gasteiger partial charge in [0.25, 0.3) is 0 Å². The predicted octanol–water partition coefficient (Wildman–Crippen LogP) is 4.44. The molecule has 2 amide bonds. The number of likely N-dealkylation sites (tertiary alicyclic amines) is 1. The highest BCUT2D eigenvalue weighted by molar-refractivity contribution is 9.10. The smallest absolute Gasteiger partial charge is 0.230 e. The summed E-state index contributed by atoms with van der Waals surface area (Å²) in [5.41, 5.74) is 4.37. The molecule has 2 aliphatic rings. The summed E-state index contributed by atoms with van der Waals surface area (Å²) in [5.74, 6) is -0.256. The number of fused-ring (bicyclic) bond motifs is 3. The largest absolute Gasteiger partial charge is 0.275 e. The Bertz CT molecular complexity index is 869. The van der Waals surface area contributed by atoms with E-state index in [1.54, 1.807) is 0 Å². The summed E-state index contributed by atoms with van der Waals surface area (Å²) in [6.07, 6.45) is 2.54. The first-order valence-corrected chi connectivity index (χ1v) is 8.74. The van der Waals surface area contributed by atoms with Gasteiger partial charge in [-0.25, -0.2) is 0 Å². The number of nitrogens with zero attached hydrogens (tertiary/aromatic N) is 1. The molecule has 0 saturated carbocycles. The van der Waals surface area contributed by atoms with Crippen molar-refractivity contribution in [3.8, 4) is 0 Å². The van der Waals surface area contributed by atoms with Crippen LogP contribution in [0, 0.1) is 5.92 Å². The van der Waals surface area contributed by atoms with Crippen molar-refractivity contribution in [2.75, 3.05) is 0 Å². The van der Waals surface area contributed by atoms with E-state index in [2.05, 4.69) is 34.1 Å². The lowest BCUT2D eigenvalue weighted by atomic mass is 9.77. The number of carbonyl (C=O) groups excluding carboxylic acids is 2. The molecule has 2 aromatic carbocycles. The van der Waals surface area contributed by atoms with Crippen LogP contribution in [-0.2, 0) is 9.59 Å². The molecule has 1 aliphatic carbocycles. The summed E-state index contributed by atoms with van der Waals surface area (Å²) in [6.45, 7) is 1.47. The van der Waals surface area contributed by atoms with Gasteiger partial charge in [-0.2, -0.15) is 0 Å². The van der Waals surface area contributed by atoms with Gasteiger partial charge >= 0.3 is 0 Å². The van der Waals surface area contributed by atoms with Crippen molar-refractivity contribution in [2.45, 2.75) is 19.4 Å². The van der Waals surface area contributed by atoms with E-state index in [-0.39, 0.29) is 23.8 Å². The third-order valence-corrected chi connectivity index (χ3v) is 5.39. The number of benzene rings is 2. The summed E-state index contributed by atoms with van der Waals surface area (Å²) in [5, 5.41) is 0. The van der Waals surface area contributed by atoms with Gasteiger partial charge in [0, 0.05) is 23.7 Å². The van der Waals surface area contributed by atoms with Gasteiger partial charge in [0.05, 0.1) is 6.04 Å². The molecule has 120 valence electrons. The van der Waals surface area contributed by atoms with Crippen LogP contribution in [-0.4, -0.2) is 16.7 Å². The average molecular weight is 382 g/mol. The summed E-state index contributed by atoms with van der Waals surface area (Å²) in [7, 11) is 0. The van der Waals surface area contributed by atoms with Crippen molar-refractivity contribution >= 4 is 39.4 Å². The standard InChI is InChI=1S/C20H16BrNO2/c1-12(23)22-19(24)11-18-17(13-6-8-15(21)9-7-13)10-14-4-2-3-5-16(14)20(18)22/h2-10,18,20H,11H2,1H3. The lowest BCUT2D eigenvalue weighted by molar-refractivity contribution is -0.142. The third-order valence-electron chi connectivity index (χ3n) is 4.86. The second-order valence-electron chi connectivity index (χ2n) is 6.27. The fourth-order valence-corrected chi connectivity index (χ4v) is 4.13. The molecule has 2 aromatic rings. The van der Waals surface area contributed by atoms with Crippen molar-refractivity contribution in [2.24, 2.45) is 5.92 Å². The van der Waals surface area contributed by atoms with Crippen LogP contribution in [0.4, 0.5) is 0 Å². The van der Waals surface area contributed by atoms with Crippen LogP contribution in [0.15, 0.2) is 53.0 Å². The molecular formula is C20H16BrNO2. The number of hydrogen-bond donors (Lipinski definition) is 0. The highest BCUT2D eigenvalue weighted by atomic mass is 79.9. The molecule has 0 aromatic heterocycles. The summed E-state index contributed by atoms with van der Waals surface area (Å²) < 4.78 is 1.02. The van der Waals surface area contributed by atoms with Crippen LogP contribution in [0.3, 0.4) is 0 Å². The first kappa shape index (κ1) is 15.3. The van der Waals surface area contributed by atoms with Crippen molar-refractivity contribution in [1.82, 2.24) is 4.90 Å². The van der Waals surface area contributed by atoms with Gasteiger partial charge in [-0.05, 0) is 34.4 Å². The van der Waals surface area contributed by atoms with Crippen LogP contribution in [0.25, 0.3) is 11.6 Å². The van der Waals surface area contributed by atoms with Gasteiger partial charge in [0.2, 0.25) is 11.8 Å². The van der Waals surface area contributed by atoms with Crippen LogP contribution in [0.1, 0.15) is 36.1 Å². The number of halogens is 1. The fraction of sp³-hybridized carbons (Fsp3) is 0.200. The van der Waals surface area contributed by atoms with Crippen molar-refractivity contribution < 1.29 is 9.59 Å². The molecule has 1 heterocycles. The van der Waals surface area contributed by atoms with Crippen LogP contribution in [0.2, 0.25) is 0 Å². The van der Waals surface area contributed by atoms with Crippen molar-refractivity contribution in [1.29, 1.82) is 0 Å². The van der Waals surface area contributed by atoms with Gasteiger partial charge in [-0.1, -0.05) is 58.4 Å². The Kier molecular flexibility index (Phi) is 3.65. The highest BCUT2D eigenvalue weighted by Gasteiger charge is 2.46. The first-order chi connectivity index (χ1) is 11.6. The molecule has 24 heavy (non-hydrogen) atoms. The Hall–Kier alpha value is -2.20. The zero-order valence-electron chi connectivity index (χ0n) is 13.2. The van der Waals surface area contributed by atoms with E-state index in [0.717, 1.165) is 26.7 Å². The van der Waals surface area contributed by atoms with Gasteiger partial charge in [-0.15, -0.1) is 0 Å². The SMILES string of the molecule is CC(=O)N1C(=O)CC2C(c3ccc(Br)cc3)=Cc3ccccc3C21. The highest BCUT2D eigenvalue weighted by Crippen LogP contribution is 2.50. The Morgan fingerprint density at radius 1 is 1.12 bits per heavy atom. The lowest BCUT2D eigenvalue weighted by Gasteiger charge is -2.32. The van der Waals surface area contributed by atoms with E-state index in [1.165, 1.54) is 11.8 Å². The van der Waals surface area contributed by atoms with Crippen molar-refractivity contribution in [3.05, 3.63) is 69.7 Å². The topological polar surface area (TPSA) is 37.4 Å². The van der Waals surface area contributed by atoms with Gasteiger partial charge in [0.1, 0.15) is 0 Å². The van der Waals surface area contributed by atoms with E-state index in [1.807, 2.05) is 36.4 Å². The number of carbonyl (C=O) groups is 2. The van der Waals surface area contributed by atoms with E-state index < -0.39 is 0 Å². The van der Waals surface area contributed by atoms with Crippen LogP contribution in [0.5, 0.6) is 0 Å². The zero-order chi connectivity index (χ0) is 16.8. The van der Waals surface area contributed by atoms with Gasteiger partial charge < -0.3 is 0 Å². The molecule has 0 N–H and O–H groups in total. The third kappa shape index (κ3) is 2.33. The quantitative estimate of drug-likeness (QED) is 0.731. The van der Waals surface area contributed by atoms with E-state index in [4.69, 9.17) is 0 Å². The van der Waals surface area contributed by atoms with E-state index in [0.29, 0.717) is 6.42 Å². The molecular weight excluding hydrogens is 366 g/mol. The minimum atomic E-state index is -0.199. The molecule has 1 saturated heterocycles. The average Bonchev–Trinajstić information content (AvgIpc) is 2.92. The molecule has 2 unspecified atom stereocenters. The molecule has 4 rings (SSSR count). The predicted molar refractivity (Wildman–Crippen MR) is 96.8 cm³/mol. The second kappa shape index (κ2) is 5.71. The Balaban J connectivity index is 1.90. The van der Waals surface area contributed by atoms with Gasteiger partial charge in [-0.3, -0.25) is 14.5 Å². The van der Waals surface area contributed by atoms with Crippen LogP contribution >= 0.6 is 15.9 Å². The minimum absolute atomic E-state index is 0.0116. The van der Waals surface area contributed by atoms with Crippen LogP contribution < -0.4 is 0 Å². The summed E-state index contributed by atoms with van der Waals surface area (Å²) >= 11 is 3.46. The normalized spacial score (nSPS) is 22.0. The minimum Gasteiger partial charge on any atom is -0.275 e. The maximum absolute atomic E-state index is 12.5. The maximum atomic E-state index is 12.5. The number of rotatable bonds is 1. The molecule has 0 bridgehead atoms. The Morgan fingerprint density at radius 3 is 2.54 bits per heavy atom. The summed E-state index contributed by atoms with van der Waals surface area (Å²) in [6, 6.07) is 16.0. The Morgan fingerprint density at radius 2 is 1.83 bits per heavy atom. The lowest BCUT2D eigenvalue weighted by Crippen LogP contribution is -2.34. The monoisotopic (exact) mass is 381 g/mol. The molecule has 2 atom stereocenters. The van der Waals surface area contributed by atoms with E-state index >= 15 is 0 Å². The molecule has 0 radical (unpaired) electrons. The van der Waals surface area contributed by atoms with E-state index in [9.17, 15) is 9.59 Å². The second-order valence-corrected chi connectivity index (χ2v) is 7.19. The Labute approximate surface area is 149 Å². The van der Waals surface area contributed by atoms with Gasteiger partial charge in [0.15, 0.2) is 0 Å². The number of hydrogen-bond acceptors (Lipinski definition) is 2. The zero-order valence-corrected chi connectivity index (χ0v) is 14.8.